The van der Waals surface area contributed by atoms with E-state index in [-0.39, 0.29) is 18.4 Å². The first-order valence-corrected chi connectivity index (χ1v) is 6.59. The van der Waals surface area contributed by atoms with Crippen molar-refractivity contribution in [3.8, 4) is 0 Å². The molecule has 0 aliphatic carbocycles. The molecule has 0 aromatic rings. The van der Waals surface area contributed by atoms with Crippen LogP contribution in [0.25, 0.3) is 0 Å². The van der Waals surface area contributed by atoms with Gasteiger partial charge in [-0.15, -0.1) is 0 Å². The Morgan fingerprint density at radius 1 is 1.22 bits per heavy atom. The van der Waals surface area contributed by atoms with Crippen molar-refractivity contribution in [3.63, 3.8) is 0 Å². The highest BCUT2D eigenvalue weighted by molar-refractivity contribution is 5.81. The third-order valence-corrected chi connectivity index (χ3v) is 3.32. The Morgan fingerprint density at radius 3 is 2.28 bits per heavy atom. The Morgan fingerprint density at radius 2 is 1.78 bits per heavy atom. The van der Waals surface area contributed by atoms with Crippen molar-refractivity contribution in [2.24, 2.45) is 11.8 Å². The van der Waals surface area contributed by atoms with Gasteiger partial charge in [0.2, 0.25) is 11.8 Å². The van der Waals surface area contributed by atoms with Crippen LogP contribution in [0.15, 0.2) is 0 Å². The highest BCUT2D eigenvalue weighted by Crippen LogP contribution is 2.20. The molecule has 2 unspecified atom stereocenters. The molecule has 1 aliphatic heterocycles. The minimum atomic E-state index is -0.0642. The number of piperidine rings is 1. The molecule has 1 fully saturated rings. The maximum atomic E-state index is 12.1. The standard InChI is InChI=1S/C13H25N3O2/c1-10-5-11(2)7-16(6-10)13(18)9-15(4)8-12(17)14-3/h10-11H,5-9H2,1-4H3,(H,14,17). The Bertz CT molecular complexity index is 297. The van der Waals surface area contributed by atoms with Gasteiger partial charge in [-0.25, -0.2) is 0 Å². The fourth-order valence-corrected chi connectivity index (χ4v) is 2.58. The first-order valence-electron chi connectivity index (χ1n) is 6.59. The topological polar surface area (TPSA) is 52.7 Å². The summed E-state index contributed by atoms with van der Waals surface area (Å²) in [5.41, 5.74) is 0. The van der Waals surface area contributed by atoms with E-state index >= 15 is 0 Å². The van der Waals surface area contributed by atoms with Gasteiger partial charge in [0.05, 0.1) is 13.1 Å². The average molecular weight is 255 g/mol. The van der Waals surface area contributed by atoms with Crippen LogP contribution in [0.4, 0.5) is 0 Å². The number of likely N-dealkylation sites (tertiary alicyclic amines) is 1. The number of nitrogens with one attached hydrogen (secondary N) is 1. The van der Waals surface area contributed by atoms with Crippen molar-refractivity contribution in [1.82, 2.24) is 15.1 Å². The molecule has 1 heterocycles. The van der Waals surface area contributed by atoms with Crippen LogP contribution in [0.1, 0.15) is 20.3 Å². The van der Waals surface area contributed by atoms with Crippen LogP contribution in [0, 0.1) is 11.8 Å². The van der Waals surface area contributed by atoms with E-state index in [1.807, 2.05) is 4.90 Å². The second-order valence-electron chi connectivity index (χ2n) is 5.59. The van der Waals surface area contributed by atoms with E-state index in [2.05, 4.69) is 19.2 Å². The van der Waals surface area contributed by atoms with E-state index in [0.717, 1.165) is 13.1 Å². The highest BCUT2D eigenvalue weighted by atomic mass is 16.2. The zero-order chi connectivity index (χ0) is 13.7. The molecule has 0 saturated carbocycles. The van der Waals surface area contributed by atoms with Gasteiger partial charge in [-0.1, -0.05) is 13.8 Å². The number of hydrogen-bond donors (Lipinski definition) is 1. The highest BCUT2D eigenvalue weighted by Gasteiger charge is 2.25. The SMILES string of the molecule is CNC(=O)CN(C)CC(=O)N1CC(C)CC(C)C1. The minimum Gasteiger partial charge on any atom is -0.358 e. The molecule has 5 nitrogen and oxygen atoms in total. The quantitative estimate of drug-likeness (QED) is 0.779. The van der Waals surface area contributed by atoms with Crippen molar-refractivity contribution < 1.29 is 9.59 Å². The summed E-state index contributed by atoms with van der Waals surface area (Å²) in [6, 6.07) is 0. The molecule has 0 spiro atoms. The Labute approximate surface area is 110 Å². The van der Waals surface area contributed by atoms with Gasteiger partial charge < -0.3 is 10.2 Å². The molecule has 0 aromatic carbocycles. The molecule has 104 valence electrons. The fourth-order valence-electron chi connectivity index (χ4n) is 2.58. The monoisotopic (exact) mass is 255 g/mol. The predicted molar refractivity (Wildman–Crippen MR) is 71.1 cm³/mol. The molecular formula is C13H25N3O2. The number of carbonyl (C=O) groups excluding carboxylic acids is 2. The van der Waals surface area contributed by atoms with E-state index in [1.165, 1.54) is 6.42 Å². The van der Waals surface area contributed by atoms with Crippen molar-refractivity contribution in [1.29, 1.82) is 0 Å². The Kier molecular flexibility index (Phi) is 5.59. The van der Waals surface area contributed by atoms with Gasteiger partial charge >= 0.3 is 0 Å². The summed E-state index contributed by atoms with van der Waals surface area (Å²) in [5, 5.41) is 2.56. The normalized spacial score (nSPS) is 24.2. The summed E-state index contributed by atoms with van der Waals surface area (Å²) in [5.74, 6) is 1.20. The Hall–Kier alpha value is -1.10. The van der Waals surface area contributed by atoms with E-state index in [0.29, 0.717) is 18.4 Å². The molecule has 1 rings (SSSR count). The third kappa shape index (κ3) is 4.64. The molecule has 0 bridgehead atoms. The summed E-state index contributed by atoms with van der Waals surface area (Å²) in [6.07, 6.45) is 1.19. The van der Waals surface area contributed by atoms with E-state index in [9.17, 15) is 9.59 Å². The minimum absolute atomic E-state index is 0.0642. The molecule has 5 heteroatoms. The largest absolute Gasteiger partial charge is 0.358 e. The zero-order valence-corrected chi connectivity index (χ0v) is 11.9. The summed E-state index contributed by atoms with van der Waals surface area (Å²) >= 11 is 0. The maximum Gasteiger partial charge on any atom is 0.236 e. The van der Waals surface area contributed by atoms with Crippen LogP contribution in [-0.4, -0.2) is 61.9 Å². The fraction of sp³-hybridized carbons (Fsp3) is 0.846. The predicted octanol–water partition coefficient (Wildman–Crippen LogP) is 0.169. The number of amides is 2. The van der Waals surface area contributed by atoms with Gasteiger partial charge in [0.25, 0.3) is 0 Å². The van der Waals surface area contributed by atoms with E-state index in [1.54, 1.807) is 19.0 Å². The summed E-state index contributed by atoms with van der Waals surface area (Å²) < 4.78 is 0. The number of rotatable bonds is 4. The van der Waals surface area contributed by atoms with Gasteiger partial charge in [-0.3, -0.25) is 14.5 Å². The molecule has 0 aromatic heterocycles. The van der Waals surface area contributed by atoms with Gasteiger partial charge in [-0.2, -0.15) is 0 Å². The van der Waals surface area contributed by atoms with Crippen LogP contribution in [0.3, 0.4) is 0 Å². The number of carbonyl (C=O) groups is 2. The van der Waals surface area contributed by atoms with Crippen molar-refractivity contribution in [2.45, 2.75) is 20.3 Å². The molecule has 2 amide bonds. The lowest BCUT2D eigenvalue weighted by molar-refractivity contribution is -0.135. The second kappa shape index (κ2) is 6.73. The molecule has 1 N–H and O–H groups in total. The van der Waals surface area contributed by atoms with Crippen molar-refractivity contribution >= 4 is 11.8 Å². The van der Waals surface area contributed by atoms with Gasteiger partial charge in [0.1, 0.15) is 0 Å². The summed E-state index contributed by atoms with van der Waals surface area (Å²) in [7, 11) is 3.40. The summed E-state index contributed by atoms with van der Waals surface area (Å²) in [4.78, 5) is 27.0. The molecule has 1 saturated heterocycles. The molecule has 0 radical (unpaired) electrons. The van der Waals surface area contributed by atoms with Crippen LogP contribution in [0.2, 0.25) is 0 Å². The van der Waals surface area contributed by atoms with E-state index < -0.39 is 0 Å². The van der Waals surface area contributed by atoms with Gasteiger partial charge in [-0.05, 0) is 25.3 Å². The van der Waals surface area contributed by atoms with Crippen LogP contribution < -0.4 is 5.32 Å². The third-order valence-electron chi connectivity index (χ3n) is 3.32. The lowest BCUT2D eigenvalue weighted by atomic mass is 9.92. The Balaban J connectivity index is 2.42. The van der Waals surface area contributed by atoms with Crippen LogP contribution in [-0.2, 0) is 9.59 Å². The van der Waals surface area contributed by atoms with Crippen LogP contribution in [0.5, 0.6) is 0 Å². The molecule has 2 atom stereocenters. The van der Waals surface area contributed by atoms with Crippen molar-refractivity contribution in [2.75, 3.05) is 40.3 Å². The number of likely N-dealkylation sites (N-methyl/N-ethyl adjacent to an activating group) is 2. The molecule has 1 aliphatic rings. The van der Waals surface area contributed by atoms with Gasteiger partial charge in [0.15, 0.2) is 0 Å². The lowest BCUT2D eigenvalue weighted by Crippen LogP contribution is -2.47. The lowest BCUT2D eigenvalue weighted by Gasteiger charge is -2.35. The number of hydrogen-bond acceptors (Lipinski definition) is 3. The van der Waals surface area contributed by atoms with Crippen molar-refractivity contribution in [3.05, 3.63) is 0 Å². The smallest absolute Gasteiger partial charge is 0.236 e. The molecular weight excluding hydrogens is 230 g/mol. The first-order chi connectivity index (χ1) is 8.42. The van der Waals surface area contributed by atoms with Crippen LogP contribution >= 0.6 is 0 Å². The van der Waals surface area contributed by atoms with Gasteiger partial charge in [0, 0.05) is 20.1 Å². The second-order valence-corrected chi connectivity index (χ2v) is 5.59. The summed E-state index contributed by atoms with van der Waals surface area (Å²) in [6.45, 7) is 6.64. The first kappa shape index (κ1) is 15.0. The molecule has 18 heavy (non-hydrogen) atoms. The number of nitrogens with zero attached hydrogens (tertiary/aromatic N) is 2. The average Bonchev–Trinajstić information content (AvgIpc) is 2.27. The zero-order valence-electron chi connectivity index (χ0n) is 11.9. The van der Waals surface area contributed by atoms with E-state index in [4.69, 9.17) is 0 Å². The maximum absolute atomic E-state index is 12.1.